The molecule has 8 nitrogen and oxygen atoms in total. The third-order valence-corrected chi connectivity index (χ3v) is 8.40. The van der Waals surface area contributed by atoms with Gasteiger partial charge in [-0.2, -0.15) is 0 Å². The minimum absolute atomic E-state index is 0.0244. The molecule has 2 aliphatic rings. The molecule has 2 aliphatic carbocycles. The highest BCUT2D eigenvalue weighted by atomic mass is 35.5. The van der Waals surface area contributed by atoms with Crippen LogP contribution in [0.5, 0.6) is 0 Å². The topological polar surface area (TPSA) is 95.6 Å². The Balaban J connectivity index is 0.000000142. The van der Waals surface area contributed by atoms with Crippen molar-refractivity contribution in [2.75, 3.05) is 0 Å². The molecule has 0 radical (unpaired) electrons. The fourth-order valence-corrected chi connectivity index (χ4v) is 5.80. The number of aryl methyl sites for hydroxylation is 1. The first-order chi connectivity index (χ1) is 21.4. The van der Waals surface area contributed by atoms with Crippen molar-refractivity contribution in [2.45, 2.75) is 51.1 Å². The summed E-state index contributed by atoms with van der Waals surface area (Å²) in [6.07, 6.45) is 8.04. The molecule has 0 unspecified atom stereocenters. The maximum absolute atomic E-state index is 12.9. The summed E-state index contributed by atoms with van der Waals surface area (Å²) < 4.78 is 3.61. The first kappa shape index (κ1) is 28.4. The van der Waals surface area contributed by atoms with E-state index in [1.54, 1.807) is 23.0 Å². The van der Waals surface area contributed by atoms with Gasteiger partial charge in [0.1, 0.15) is 22.4 Å². The molecular weight excluding hydrogens is 595 g/mol. The SMILES string of the molecule is Cc1cc(Cl)ccc1-c1nc2cccnc2n(C2CC2)c1=O.O=c1c(Cc2ccc(Cl)cc2)nc2cccnc2n1C1CC1. The van der Waals surface area contributed by atoms with E-state index in [1.807, 2.05) is 72.2 Å². The van der Waals surface area contributed by atoms with E-state index >= 15 is 0 Å². The lowest BCUT2D eigenvalue weighted by Crippen LogP contribution is -2.26. The van der Waals surface area contributed by atoms with Gasteiger partial charge in [0.25, 0.3) is 11.1 Å². The van der Waals surface area contributed by atoms with Crippen molar-refractivity contribution >= 4 is 45.5 Å². The second-order valence-corrected chi connectivity index (χ2v) is 12.2. The van der Waals surface area contributed by atoms with Gasteiger partial charge in [0.05, 0.1) is 0 Å². The summed E-state index contributed by atoms with van der Waals surface area (Å²) in [5.41, 5.74) is 6.63. The number of rotatable bonds is 5. The predicted molar refractivity (Wildman–Crippen MR) is 174 cm³/mol. The summed E-state index contributed by atoms with van der Waals surface area (Å²) in [6.45, 7) is 1.94. The summed E-state index contributed by atoms with van der Waals surface area (Å²) in [7, 11) is 0. The second-order valence-electron chi connectivity index (χ2n) is 11.3. The first-order valence-corrected chi connectivity index (χ1v) is 15.4. The molecular formula is C34H28Cl2N6O2. The highest BCUT2D eigenvalue weighted by Crippen LogP contribution is 2.36. The van der Waals surface area contributed by atoms with Crippen LogP contribution in [-0.2, 0) is 6.42 Å². The molecule has 2 saturated carbocycles. The fourth-order valence-electron chi connectivity index (χ4n) is 5.45. The molecule has 2 aromatic carbocycles. The Labute approximate surface area is 263 Å². The molecule has 4 aromatic heterocycles. The van der Waals surface area contributed by atoms with Crippen LogP contribution >= 0.6 is 23.2 Å². The molecule has 0 bridgehead atoms. The number of hydrogen-bond acceptors (Lipinski definition) is 6. The van der Waals surface area contributed by atoms with Crippen LogP contribution in [0.1, 0.15) is 54.6 Å². The maximum atomic E-state index is 12.9. The Morgan fingerprint density at radius 1 is 0.727 bits per heavy atom. The molecule has 220 valence electrons. The number of fused-ring (bicyclic) bond motifs is 2. The van der Waals surface area contributed by atoms with Crippen LogP contribution in [-0.4, -0.2) is 29.1 Å². The molecule has 2 fully saturated rings. The van der Waals surface area contributed by atoms with Gasteiger partial charge in [-0.15, -0.1) is 0 Å². The lowest BCUT2D eigenvalue weighted by Gasteiger charge is -2.12. The van der Waals surface area contributed by atoms with Gasteiger partial charge in [-0.1, -0.05) is 41.4 Å². The molecule has 0 saturated heterocycles. The van der Waals surface area contributed by atoms with Gasteiger partial charge in [0, 0.05) is 46.5 Å². The van der Waals surface area contributed by atoms with Crippen molar-refractivity contribution in [3.05, 3.63) is 127 Å². The second kappa shape index (κ2) is 11.6. The summed E-state index contributed by atoms with van der Waals surface area (Å²) >= 11 is 11.9. The Hall–Kier alpha value is -4.40. The molecule has 0 aliphatic heterocycles. The van der Waals surface area contributed by atoms with Gasteiger partial charge in [-0.25, -0.2) is 19.9 Å². The largest absolute Gasteiger partial charge is 0.287 e. The lowest BCUT2D eigenvalue weighted by atomic mass is 10.1. The van der Waals surface area contributed by atoms with Crippen molar-refractivity contribution in [1.29, 1.82) is 0 Å². The molecule has 0 amide bonds. The molecule has 4 heterocycles. The Kier molecular flexibility index (Phi) is 7.48. The minimum Gasteiger partial charge on any atom is -0.287 e. The Bertz CT molecular complexity index is 2150. The average molecular weight is 624 g/mol. The smallest absolute Gasteiger partial charge is 0.279 e. The molecule has 0 spiro atoms. The first-order valence-electron chi connectivity index (χ1n) is 14.6. The fraction of sp³-hybridized carbons (Fsp3) is 0.235. The van der Waals surface area contributed by atoms with Crippen LogP contribution in [0.15, 0.2) is 88.7 Å². The third-order valence-electron chi connectivity index (χ3n) is 7.92. The normalized spacial score (nSPS) is 14.4. The number of nitrogens with zero attached hydrogens (tertiary/aromatic N) is 6. The molecule has 0 atom stereocenters. The van der Waals surface area contributed by atoms with Crippen LogP contribution in [0.4, 0.5) is 0 Å². The van der Waals surface area contributed by atoms with Crippen molar-refractivity contribution < 1.29 is 0 Å². The van der Waals surface area contributed by atoms with E-state index in [4.69, 9.17) is 23.2 Å². The van der Waals surface area contributed by atoms with Crippen molar-refractivity contribution in [3.63, 3.8) is 0 Å². The molecule has 0 N–H and O–H groups in total. The summed E-state index contributed by atoms with van der Waals surface area (Å²) in [6, 6.07) is 21.1. The standard InChI is InChI=1S/2C17H14ClN3O/c1-10-9-11(18)4-7-13(10)15-17(22)21(12-5-6-12)16-14(20-15)3-2-8-19-16;18-12-5-3-11(4-6-12)10-15-17(22)21(13-7-8-13)16-14(20-15)2-1-9-19-16/h2-4,7-9,12H,5-6H2,1H3;1-6,9,13H,7-8,10H2. The van der Waals surface area contributed by atoms with Crippen LogP contribution in [0.2, 0.25) is 10.0 Å². The average Bonchev–Trinajstić information content (AvgIpc) is 3.95. The monoisotopic (exact) mass is 622 g/mol. The lowest BCUT2D eigenvalue weighted by molar-refractivity contribution is 0.711. The number of hydrogen-bond donors (Lipinski definition) is 0. The predicted octanol–water partition coefficient (Wildman–Crippen LogP) is 7.13. The molecule has 44 heavy (non-hydrogen) atoms. The van der Waals surface area contributed by atoms with Crippen molar-refractivity contribution in [1.82, 2.24) is 29.1 Å². The highest BCUT2D eigenvalue weighted by molar-refractivity contribution is 6.31. The maximum Gasteiger partial charge on any atom is 0.279 e. The van der Waals surface area contributed by atoms with Gasteiger partial charge < -0.3 is 0 Å². The van der Waals surface area contributed by atoms with Gasteiger partial charge >= 0.3 is 0 Å². The Morgan fingerprint density at radius 2 is 1.30 bits per heavy atom. The highest BCUT2D eigenvalue weighted by Gasteiger charge is 2.29. The van der Waals surface area contributed by atoms with Crippen molar-refractivity contribution in [2.24, 2.45) is 0 Å². The molecule has 8 rings (SSSR count). The van der Waals surface area contributed by atoms with Crippen LogP contribution in [0.3, 0.4) is 0 Å². The number of benzene rings is 2. The van der Waals surface area contributed by atoms with Crippen LogP contribution < -0.4 is 11.1 Å². The van der Waals surface area contributed by atoms with E-state index in [9.17, 15) is 9.59 Å². The summed E-state index contributed by atoms with van der Waals surface area (Å²) in [5.74, 6) is 0. The number of halogens is 2. The third kappa shape index (κ3) is 5.63. The summed E-state index contributed by atoms with van der Waals surface area (Å²) in [5, 5.41) is 1.35. The van der Waals surface area contributed by atoms with Gasteiger partial charge in [-0.05, 0) is 92.3 Å². The van der Waals surface area contributed by atoms with E-state index in [-0.39, 0.29) is 23.2 Å². The van der Waals surface area contributed by atoms with Gasteiger partial charge in [0.15, 0.2) is 11.3 Å². The van der Waals surface area contributed by atoms with E-state index < -0.39 is 0 Å². The van der Waals surface area contributed by atoms with Gasteiger partial charge in [0.2, 0.25) is 0 Å². The number of aromatic nitrogens is 6. The molecule has 10 heteroatoms. The van der Waals surface area contributed by atoms with Gasteiger partial charge in [-0.3, -0.25) is 18.7 Å². The van der Waals surface area contributed by atoms with Crippen molar-refractivity contribution in [3.8, 4) is 11.3 Å². The van der Waals surface area contributed by atoms with Crippen LogP contribution in [0, 0.1) is 6.92 Å². The molecule has 6 aromatic rings. The van der Waals surface area contributed by atoms with E-state index in [0.717, 1.165) is 53.4 Å². The quantitative estimate of drug-likeness (QED) is 0.203. The van der Waals surface area contributed by atoms with E-state index in [0.29, 0.717) is 39.1 Å². The summed E-state index contributed by atoms with van der Waals surface area (Å²) in [4.78, 5) is 43.5. The number of pyridine rings is 2. The minimum atomic E-state index is -0.0703. The van der Waals surface area contributed by atoms with Crippen LogP contribution in [0.25, 0.3) is 33.6 Å². The Morgan fingerprint density at radius 3 is 1.89 bits per heavy atom. The zero-order chi connectivity index (χ0) is 30.4. The van der Waals surface area contributed by atoms with E-state index in [1.165, 1.54) is 0 Å². The van der Waals surface area contributed by atoms with E-state index in [2.05, 4.69) is 19.9 Å². The zero-order valence-corrected chi connectivity index (χ0v) is 25.5. The zero-order valence-electron chi connectivity index (χ0n) is 24.0.